The van der Waals surface area contributed by atoms with Crippen LogP contribution in [-0.2, 0) is 6.54 Å². The predicted octanol–water partition coefficient (Wildman–Crippen LogP) is 4.67. The number of ketones is 1. The van der Waals surface area contributed by atoms with Crippen LogP contribution in [0, 0.1) is 0 Å². The molecule has 0 radical (unpaired) electrons. The quantitative estimate of drug-likeness (QED) is 0.616. The van der Waals surface area contributed by atoms with Crippen LogP contribution in [0.4, 0.5) is 0 Å². The van der Waals surface area contributed by atoms with Crippen LogP contribution in [0.25, 0.3) is 16.6 Å². The second kappa shape index (κ2) is 8.48. The molecule has 2 aromatic carbocycles. The number of piperidine rings is 1. The summed E-state index contributed by atoms with van der Waals surface area (Å²) < 4.78 is 2.11. The number of fused-ring (bicyclic) bond motifs is 1. The molecule has 1 aromatic heterocycles. The Labute approximate surface area is 171 Å². The molecule has 0 bridgehead atoms. The molecule has 146 valence electrons. The summed E-state index contributed by atoms with van der Waals surface area (Å²) in [5.74, 6) is 0.195. The lowest BCUT2D eigenvalue weighted by molar-refractivity contribution is 0.0917. The molecule has 4 rings (SSSR count). The molecule has 1 fully saturated rings. The molecule has 0 aliphatic carbocycles. The highest BCUT2D eigenvalue weighted by Crippen LogP contribution is 2.28. The molecule has 0 unspecified atom stereocenters. The van der Waals surface area contributed by atoms with Crippen molar-refractivity contribution in [3.05, 3.63) is 64.8 Å². The molecule has 1 aliphatic heterocycles. The summed E-state index contributed by atoms with van der Waals surface area (Å²) in [6.45, 7) is 3.33. The van der Waals surface area contributed by atoms with Gasteiger partial charge in [-0.3, -0.25) is 9.69 Å². The fourth-order valence-corrected chi connectivity index (χ4v) is 4.16. The number of nitrogens with zero attached hydrogens (tertiary/aromatic N) is 2. The van der Waals surface area contributed by atoms with Crippen LogP contribution in [0.1, 0.15) is 35.2 Å². The lowest BCUT2D eigenvalue weighted by Gasteiger charge is -2.25. The minimum atomic E-state index is 0.195. The SMILES string of the molecule is CNCc1ccc2c(C(=O)CN3CCCCC3)cn(-c3ccc(Cl)cc3)c2c1. The van der Waals surface area contributed by atoms with Gasteiger partial charge in [0, 0.05) is 34.4 Å². The first-order valence-corrected chi connectivity index (χ1v) is 10.3. The van der Waals surface area contributed by atoms with Crippen LogP contribution < -0.4 is 5.32 Å². The number of aromatic nitrogens is 1. The van der Waals surface area contributed by atoms with Crippen molar-refractivity contribution < 1.29 is 4.79 Å². The van der Waals surface area contributed by atoms with E-state index in [2.05, 4.69) is 33.0 Å². The largest absolute Gasteiger partial charge is 0.316 e. The maximum atomic E-state index is 13.1. The predicted molar refractivity (Wildman–Crippen MR) is 116 cm³/mol. The van der Waals surface area contributed by atoms with Crippen molar-refractivity contribution in [1.29, 1.82) is 0 Å². The summed E-state index contributed by atoms with van der Waals surface area (Å²) in [6.07, 6.45) is 5.64. The summed E-state index contributed by atoms with van der Waals surface area (Å²) in [7, 11) is 1.94. The van der Waals surface area contributed by atoms with Gasteiger partial charge in [-0.2, -0.15) is 0 Å². The Balaban J connectivity index is 1.75. The lowest BCUT2D eigenvalue weighted by Crippen LogP contribution is -2.34. The van der Waals surface area contributed by atoms with Crippen molar-refractivity contribution in [2.24, 2.45) is 0 Å². The van der Waals surface area contributed by atoms with E-state index in [1.807, 2.05) is 37.5 Å². The number of nitrogens with one attached hydrogen (secondary N) is 1. The number of likely N-dealkylation sites (tertiary alicyclic amines) is 1. The Morgan fingerprint density at radius 1 is 1.07 bits per heavy atom. The third kappa shape index (κ3) is 4.00. The first kappa shape index (κ1) is 19.2. The van der Waals surface area contributed by atoms with Crippen LogP contribution >= 0.6 is 11.6 Å². The second-order valence-corrected chi connectivity index (χ2v) is 7.97. The van der Waals surface area contributed by atoms with Gasteiger partial charge in [0.25, 0.3) is 0 Å². The van der Waals surface area contributed by atoms with Gasteiger partial charge in [-0.05, 0) is 68.9 Å². The molecule has 0 saturated carbocycles. The first-order valence-electron chi connectivity index (χ1n) is 9.96. The zero-order chi connectivity index (χ0) is 19.5. The topological polar surface area (TPSA) is 37.3 Å². The van der Waals surface area contributed by atoms with Crippen molar-refractivity contribution in [2.75, 3.05) is 26.7 Å². The van der Waals surface area contributed by atoms with Crippen molar-refractivity contribution in [3.63, 3.8) is 0 Å². The van der Waals surface area contributed by atoms with Gasteiger partial charge in [0.2, 0.25) is 0 Å². The van der Waals surface area contributed by atoms with E-state index >= 15 is 0 Å². The van der Waals surface area contributed by atoms with Crippen molar-refractivity contribution in [2.45, 2.75) is 25.8 Å². The van der Waals surface area contributed by atoms with Gasteiger partial charge in [0.05, 0.1) is 12.1 Å². The maximum Gasteiger partial charge on any atom is 0.178 e. The molecular weight excluding hydrogens is 370 g/mol. The number of carbonyl (C=O) groups is 1. The normalized spacial score (nSPS) is 15.2. The molecule has 4 nitrogen and oxygen atoms in total. The summed E-state index contributed by atoms with van der Waals surface area (Å²) in [5.41, 5.74) is 4.05. The van der Waals surface area contributed by atoms with Gasteiger partial charge in [-0.25, -0.2) is 0 Å². The van der Waals surface area contributed by atoms with Gasteiger partial charge < -0.3 is 9.88 Å². The highest BCUT2D eigenvalue weighted by atomic mass is 35.5. The van der Waals surface area contributed by atoms with Gasteiger partial charge in [0.15, 0.2) is 5.78 Å². The number of halogens is 1. The minimum absolute atomic E-state index is 0.195. The first-order chi connectivity index (χ1) is 13.7. The smallest absolute Gasteiger partial charge is 0.178 e. The van der Waals surface area contributed by atoms with Crippen molar-refractivity contribution in [1.82, 2.24) is 14.8 Å². The average Bonchev–Trinajstić information content (AvgIpc) is 3.09. The monoisotopic (exact) mass is 395 g/mol. The van der Waals surface area contributed by atoms with Gasteiger partial charge in [0.1, 0.15) is 0 Å². The van der Waals surface area contributed by atoms with Gasteiger partial charge in [-0.15, -0.1) is 0 Å². The van der Waals surface area contributed by atoms with E-state index in [1.54, 1.807) is 0 Å². The van der Waals surface area contributed by atoms with Gasteiger partial charge >= 0.3 is 0 Å². The molecule has 2 heterocycles. The van der Waals surface area contributed by atoms with Gasteiger partial charge in [-0.1, -0.05) is 30.2 Å². The number of Topliss-reactive ketones (excluding diaryl/α,β-unsaturated/α-hetero) is 1. The van der Waals surface area contributed by atoms with Crippen LogP contribution in [0.5, 0.6) is 0 Å². The summed E-state index contributed by atoms with van der Waals surface area (Å²) in [5, 5.41) is 4.92. The van der Waals surface area contributed by atoms with E-state index in [1.165, 1.54) is 24.8 Å². The third-order valence-corrected chi connectivity index (χ3v) is 5.72. The minimum Gasteiger partial charge on any atom is -0.316 e. The van der Waals surface area contributed by atoms with E-state index < -0.39 is 0 Å². The second-order valence-electron chi connectivity index (χ2n) is 7.53. The number of hydrogen-bond donors (Lipinski definition) is 1. The highest BCUT2D eigenvalue weighted by molar-refractivity contribution is 6.30. The molecular formula is C23H26ClN3O. The van der Waals surface area contributed by atoms with Crippen LogP contribution in [-0.4, -0.2) is 41.9 Å². The summed E-state index contributed by atoms with van der Waals surface area (Å²) >= 11 is 6.07. The van der Waals surface area contributed by atoms with E-state index in [0.29, 0.717) is 11.6 Å². The maximum absolute atomic E-state index is 13.1. The fourth-order valence-electron chi connectivity index (χ4n) is 4.03. The number of benzene rings is 2. The number of carbonyl (C=O) groups excluding carboxylic acids is 1. The molecule has 1 saturated heterocycles. The molecule has 5 heteroatoms. The average molecular weight is 396 g/mol. The third-order valence-electron chi connectivity index (χ3n) is 5.47. The fraction of sp³-hybridized carbons (Fsp3) is 0.348. The number of hydrogen-bond acceptors (Lipinski definition) is 3. The molecule has 0 amide bonds. The van der Waals surface area contributed by atoms with Crippen molar-refractivity contribution >= 4 is 28.3 Å². The molecule has 0 spiro atoms. The van der Waals surface area contributed by atoms with Crippen LogP contribution in [0.15, 0.2) is 48.7 Å². The van der Waals surface area contributed by atoms with E-state index in [4.69, 9.17) is 11.6 Å². The Morgan fingerprint density at radius 2 is 1.82 bits per heavy atom. The molecule has 28 heavy (non-hydrogen) atoms. The lowest BCUT2D eigenvalue weighted by atomic mass is 10.1. The van der Waals surface area contributed by atoms with E-state index in [-0.39, 0.29) is 5.78 Å². The zero-order valence-corrected chi connectivity index (χ0v) is 17.0. The Kier molecular flexibility index (Phi) is 5.81. The molecule has 0 atom stereocenters. The standard InChI is InChI=1S/C23H26ClN3O/c1-25-14-17-5-10-20-21(23(28)16-26-11-3-2-4-12-26)15-27(22(20)13-17)19-8-6-18(24)7-9-19/h5-10,13,15,25H,2-4,11-12,14,16H2,1H3. The Bertz CT molecular complexity index is 971. The van der Waals surface area contributed by atoms with Crippen LogP contribution in [0.2, 0.25) is 5.02 Å². The summed E-state index contributed by atoms with van der Waals surface area (Å²) in [4.78, 5) is 15.4. The Morgan fingerprint density at radius 3 is 2.54 bits per heavy atom. The van der Waals surface area contributed by atoms with E-state index in [0.717, 1.165) is 41.8 Å². The Hall–Kier alpha value is -2.14. The van der Waals surface area contributed by atoms with Crippen molar-refractivity contribution in [3.8, 4) is 5.69 Å². The number of rotatable bonds is 6. The van der Waals surface area contributed by atoms with Crippen LogP contribution in [0.3, 0.4) is 0 Å². The zero-order valence-electron chi connectivity index (χ0n) is 16.2. The van der Waals surface area contributed by atoms with E-state index in [9.17, 15) is 4.79 Å². The molecule has 3 aromatic rings. The highest BCUT2D eigenvalue weighted by Gasteiger charge is 2.20. The molecule has 1 aliphatic rings. The summed E-state index contributed by atoms with van der Waals surface area (Å²) in [6, 6.07) is 14.1. The molecule has 1 N–H and O–H groups in total.